The molecule has 1 aromatic rings. The monoisotopic (exact) mass is 260 g/mol. The second-order valence-electron chi connectivity index (χ2n) is 3.25. The van der Waals surface area contributed by atoms with Crippen LogP contribution in [0.15, 0.2) is 22.7 Å². The highest BCUT2D eigenvalue weighted by Gasteiger charge is 2.18. The van der Waals surface area contributed by atoms with Crippen molar-refractivity contribution in [3.8, 4) is 0 Å². The van der Waals surface area contributed by atoms with Gasteiger partial charge < -0.3 is 9.47 Å². The van der Waals surface area contributed by atoms with E-state index < -0.39 is 0 Å². The van der Waals surface area contributed by atoms with E-state index >= 15 is 0 Å². The summed E-state index contributed by atoms with van der Waals surface area (Å²) in [7, 11) is 0. The van der Waals surface area contributed by atoms with Gasteiger partial charge in [-0.25, -0.2) is 4.39 Å². The first-order valence-electron chi connectivity index (χ1n) is 4.38. The molecular formula is C10H10BrFO2. The lowest BCUT2D eigenvalue weighted by molar-refractivity contribution is -0.135. The molecule has 0 spiro atoms. The molecule has 1 aliphatic heterocycles. The second-order valence-corrected chi connectivity index (χ2v) is 4.16. The minimum absolute atomic E-state index is 0.178. The maximum atomic E-state index is 12.9. The van der Waals surface area contributed by atoms with Crippen molar-refractivity contribution in [3.63, 3.8) is 0 Å². The lowest BCUT2D eigenvalue weighted by Gasteiger charge is -2.25. The van der Waals surface area contributed by atoms with Crippen LogP contribution in [0, 0.1) is 5.82 Å². The molecule has 0 aromatic heterocycles. The third-order valence-electron chi connectivity index (χ3n) is 2.02. The normalized spacial score (nSPS) is 16.7. The molecule has 0 unspecified atom stereocenters. The molecule has 1 saturated heterocycles. The van der Waals surface area contributed by atoms with Crippen LogP contribution in [0.25, 0.3) is 0 Å². The first-order valence-corrected chi connectivity index (χ1v) is 5.17. The first kappa shape index (κ1) is 10.1. The number of benzene rings is 1. The third kappa shape index (κ3) is 2.53. The van der Waals surface area contributed by atoms with Gasteiger partial charge in [0.25, 0.3) is 0 Å². The Bertz CT molecular complexity index is 306. The van der Waals surface area contributed by atoms with E-state index in [9.17, 15) is 4.39 Å². The summed E-state index contributed by atoms with van der Waals surface area (Å²) < 4.78 is 24.1. The van der Waals surface area contributed by atoms with E-state index in [0.717, 1.165) is 10.0 Å². The highest BCUT2D eigenvalue weighted by atomic mass is 79.9. The minimum atomic E-state index is -0.247. The van der Waals surface area contributed by atoms with E-state index in [-0.39, 0.29) is 11.9 Å². The predicted molar refractivity (Wildman–Crippen MR) is 53.5 cm³/mol. The minimum Gasteiger partial charge on any atom is -0.376 e. The second kappa shape index (κ2) is 4.38. The lowest BCUT2D eigenvalue weighted by atomic mass is 10.2. The van der Waals surface area contributed by atoms with Crippen LogP contribution in [0.3, 0.4) is 0 Å². The van der Waals surface area contributed by atoms with Crippen molar-refractivity contribution in [2.24, 2.45) is 0 Å². The van der Waals surface area contributed by atoms with Crippen LogP contribution in [-0.2, 0) is 16.1 Å². The zero-order valence-corrected chi connectivity index (χ0v) is 9.09. The van der Waals surface area contributed by atoms with E-state index in [4.69, 9.17) is 9.47 Å². The highest BCUT2D eigenvalue weighted by molar-refractivity contribution is 9.10. The molecule has 1 heterocycles. The Morgan fingerprint density at radius 1 is 1.43 bits per heavy atom. The van der Waals surface area contributed by atoms with Crippen molar-refractivity contribution in [2.45, 2.75) is 12.7 Å². The molecule has 4 heteroatoms. The van der Waals surface area contributed by atoms with Crippen LogP contribution in [0.2, 0.25) is 0 Å². The Hall–Kier alpha value is -0.450. The Morgan fingerprint density at radius 3 is 2.79 bits per heavy atom. The van der Waals surface area contributed by atoms with Crippen molar-refractivity contribution in [2.75, 3.05) is 13.2 Å². The van der Waals surface area contributed by atoms with Gasteiger partial charge in [0.05, 0.1) is 19.8 Å². The van der Waals surface area contributed by atoms with Crippen LogP contribution in [-0.4, -0.2) is 19.3 Å². The molecule has 0 aliphatic carbocycles. The van der Waals surface area contributed by atoms with E-state index in [0.29, 0.717) is 19.8 Å². The van der Waals surface area contributed by atoms with Gasteiger partial charge in [0.1, 0.15) is 11.9 Å². The van der Waals surface area contributed by atoms with Gasteiger partial charge in [-0.15, -0.1) is 0 Å². The first-order chi connectivity index (χ1) is 6.74. The molecule has 0 saturated carbocycles. The summed E-state index contributed by atoms with van der Waals surface area (Å²) in [5.41, 5.74) is 0.837. The van der Waals surface area contributed by atoms with Gasteiger partial charge in [-0.1, -0.05) is 15.9 Å². The summed E-state index contributed by atoms with van der Waals surface area (Å²) in [6.07, 6.45) is 0.178. The summed E-state index contributed by atoms with van der Waals surface area (Å²) in [6, 6.07) is 4.75. The maximum absolute atomic E-state index is 12.9. The van der Waals surface area contributed by atoms with Crippen LogP contribution in [0.1, 0.15) is 5.56 Å². The SMILES string of the molecule is Fc1cc(Br)cc(COC2COC2)c1. The molecule has 0 bridgehead atoms. The van der Waals surface area contributed by atoms with Gasteiger partial charge in [-0.3, -0.25) is 0 Å². The van der Waals surface area contributed by atoms with Gasteiger partial charge in [-0.2, -0.15) is 0 Å². The average Bonchev–Trinajstić information content (AvgIpc) is 1.99. The zero-order chi connectivity index (χ0) is 9.97. The molecule has 14 heavy (non-hydrogen) atoms. The van der Waals surface area contributed by atoms with Crippen LogP contribution < -0.4 is 0 Å². The number of rotatable bonds is 3. The van der Waals surface area contributed by atoms with E-state index in [2.05, 4.69) is 15.9 Å². The topological polar surface area (TPSA) is 18.5 Å². The molecule has 2 nitrogen and oxygen atoms in total. The summed E-state index contributed by atoms with van der Waals surface area (Å²) in [6.45, 7) is 1.73. The zero-order valence-electron chi connectivity index (χ0n) is 7.50. The third-order valence-corrected chi connectivity index (χ3v) is 2.47. The van der Waals surface area contributed by atoms with Crippen LogP contribution >= 0.6 is 15.9 Å². The fourth-order valence-corrected chi connectivity index (χ4v) is 1.73. The van der Waals surface area contributed by atoms with Gasteiger partial charge in [-0.05, 0) is 23.8 Å². The van der Waals surface area contributed by atoms with Gasteiger partial charge in [0.15, 0.2) is 0 Å². The molecule has 0 amide bonds. The quantitative estimate of drug-likeness (QED) is 0.832. The lowest BCUT2D eigenvalue weighted by Crippen LogP contribution is -2.35. The van der Waals surface area contributed by atoms with Gasteiger partial charge in [0, 0.05) is 4.47 Å². The molecule has 1 aliphatic rings. The van der Waals surface area contributed by atoms with Crippen molar-refractivity contribution in [1.82, 2.24) is 0 Å². The van der Waals surface area contributed by atoms with Crippen molar-refractivity contribution in [1.29, 1.82) is 0 Å². The Balaban J connectivity index is 1.94. The van der Waals surface area contributed by atoms with Crippen molar-refractivity contribution < 1.29 is 13.9 Å². The Morgan fingerprint density at radius 2 is 2.21 bits per heavy atom. The Kier molecular flexibility index (Phi) is 3.15. The molecular weight excluding hydrogens is 251 g/mol. The molecule has 1 aromatic carbocycles. The smallest absolute Gasteiger partial charge is 0.124 e. The summed E-state index contributed by atoms with van der Waals surface area (Å²) in [5.74, 6) is -0.247. The molecule has 0 radical (unpaired) electrons. The number of ether oxygens (including phenoxy) is 2. The Labute approximate surface area is 90.1 Å². The largest absolute Gasteiger partial charge is 0.376 e. The van der Waals surface area contributed by atoms with E-state index in [1.54, 1.807) is 0 Å². The number of hydrogen-bond acceptors (Lipinski definition) is 2. The highest BCUT2D eigenvalue weighted by Crippen LogP contribution is 2.17. The average molecular weight is 261 g/mol. The summed E-state index contributed by atoms with van der Waals surface area (Å²) in [4.78, 5) is 0. The summed E-state index contributed by atoms with van der Waals surface area (Å²) >= 11 is 3.23. The fraction of sp³-hybridized carbons (Fsp3) is 0.400. The number of hydrogen-bond donors (Lipinski definition) is 0. The predicted octanol–water partition coefficient (Wildman–Crippen LogP) is 2.50. The van der Waals surface area contributed by atoms with Crippen LogP contribution in [0.5, 0.6) is 0 Å². The summed E-state index contributed by atoms with van der Waals surface area (Å²) in [5, 5.41) is 0. The molecule has 2 rings (SSSR count). The fourth-order valence-electron chi connectivity index (χ4n) is 1.22. The van der Waals surface area contributed by atoms with Crippen molar-refractivity contribution in [3.05, 3.63) is 34.1 Å². The van der Waals surface area contributed by atoms with Crippen molar-refractivity contribution >= 4 is 15.9 Å². The molecule has 0 atom stereocenters. The molecule has 0 N–H and O–H groups in total. The van der Waals surface area contributed by atoms with Gasteiger partial charge in [0.2, 0.25) is 0 Å². The number of halogens is 2. The molecule has 1 fully saturated rings. The standard InChI is InChI=1S/C10H10BrFO2/c11-8-1-7(2-9(12)3-8)4-14-10-5-13-6-10/h1-3,10H,4-6H2. The van der Waals surface area contributed by atoms with Gasteiger partial charge >= 0.3 is 0 Å². The van der Waals surface area contributed by atoms with E-state index in [1.165, 1.54) is 12.1 Å². The van der Waals surface area contributed by atoms with E-state index in [1.807, 2.05) is 6.07 Å². The maximum Gasteiger partial charge on any atom is 0.124 e. The molecule has 76 valence electrons. The van der Waals surface area contributed by atoms with Crippen LogP contribution in [0.4, 0.5) is 4.39 Å².